The van der Waals surface area contributed by atoms with Crippen molar-refractivity contribution in [2.24, 2.45) is 0 Å². The van der Waals surface area contributed by atoms with E-state index in [1.807, 2.05) is 6.07 Å². The molecule has 0 aliphatic heterocycles. The molecule has 0 radical (unpaired) electrons. The van der Waals surface area contributed by atoms with Gasteiger partial charge in [-0.2, -0.15) is 0 Å². The summed E-state index contributed by atoms with van der Waals surface area (Å²) in [5, 5.41) is 12.4. The maximum atomic E-state index is 6.49. The molecule has 1 heterocycles. The van der Waals surface area contributed by atoms with Gasteiger partial charge in [-0.15, -0.1) is 0 Å². The molecule has 0 N–H and O–H groups in total. The number of rotatable bonds is 9. The van der Waals surface area contributed by atoms with Gasteiger partial charge in [-0.25, -0.2) is 0 Å². The summed E-state index contributed by atoms with van der Waals surface area (Å²) in [6.07, 6.45) is 0. The zero-order valence-electron chi connectivity index (χ0n) is 47.4. The number of hydrogen-bond donors (Lipinski definition) is 0. The standard InChI is InChI=1S/C81H58N2O/c1-51-46-56(65-28-17-29-74-73-27-14-15-31-79(73)84-80(65)74)35-41-62(51)63-43-38-59(47-52(63)2)82(58-36-32-53(33-37-58)55-34-42-70-68-25-11-10-23-66(68)67-24-12-13-26-69(67)75(70)48-55)60-39-44-71-72-45-40-61(50-77(72)81(3,4)76(71)49-60)83(57-20-6-5-7-21-57)78-30-16-19-54-18-8-9-22-64(54)78/h5-50H,1-4H3. The largest absolute Gasteiger partial charge is 0.455 e. The Hall–Kier alpha value is -10.5. The average molecular weight is 1080 g/mol. The fourth-order valence-corrected chi connectivity index (χ4v) is 13.9. The zero-order valence-corrected chi connectivity index (χ0v) is 47.4. The topological polar surface area (TPSA) is 19.6 Å². The molecule has 14 aromatic carbocycles. The van der Waals surface area contributed by atoms with Crippen molar-refractivity contribution >= 4 is 99.2 Å². The van der Waals surface area contributed by atoms with E-state index in [1.165, 1.54) is 98.7 Å². The lowest BCUT2D eigenvalue weighted by Crippen LogP contribution is -2.17. The van der Waals surface area contributed by atoms with Crippen molar-refractivity contribution < 1.29 is 4.42 Å². The molecule has 1 aliphatic rings. The molecule has 0 atom stereocenters. The highest BCUT2D eigenvalue weighted by Gasteiger charge is 2.37. The Kier molecular flexibility index (Phi) is 11.4. The molecule has 3 nitrogen and oxygen atoms in total. The first kappa shape index (κ1) is 49.3. The quantitative estimate of drug-likeness (QED) is 0.134. The maximum absolute atomic E-state index is 6.49. The van der Waals surface area contributed by atoms with E-state index in [-0.39, 0.29) is 5.41 Å². The van der Waals surface area contributed by atoms with Gasteiger partial charge in [-0.05, 0) is 192 Å². The molecule has 0 spiro atoms. The summed E-state index contributed by atoms with van der Waals surface area (Å²) < 4.78 is 6.49. The molecular weight excluding hydrogens is 1020 g/mol. The fraction of sp³-hybridized carbons (Fsp3) is 0.0617. The van der Waals surface area contributed by atoms with Crippen molar-refractivity contribution in [1.82, 2.24) is 0 Å². The second-order valence-corrected chi connectivity index (χ2v) is 23.3. The molecule has 1 aliphatic carbocycles. The molecule has 0 saturated heterocycles. The Bertz CT molecular complexity index is 5100. The molecule has 16 rings (SSSR count). The molecule has 398 valence electrons. The van der Waals surface area contributed by atoms with E-state index in [0.29, 0.717) is 0 Å². The van der Waals surface area contributed by atoms with Gasteiger partial charge in [0.25, 0.3) is 0 Å². The zero-order chi connectivity index (χ0) is 56.2. The smallest absolute Gasteiger partial charge is 0.143 e. The Balaban J connectivity index is 0.796. The van der Waals surface area contributed by atoms with Gasteiger partial charge in [-0.3, -0.25) is 0 Å². The summed E-state index contributed by atoms with van der Waals surface area (Å²) in [4.78, 5) is 4.87. The fourth-order valence-electron chi connectivity index (χ4n) is 13.9. The number of furan rings is 1. The SMILES string of the molecule is Cc1cc(-c2cccc3c2oc2ccccc23)ccc1-c1ccc(N(c2ccc(-c3ccc4c5ccccc5c5ccccc5c4c3)cc2)c2ccc3c(c2)C(C)(C)c2cc(N(c4ccccc4)c4cccc5ccccc45)ccc2-3)cc1C. The summed E-state index contributed by atoms with van der Waals surface area (Å²) in [7, 11) is 0. The van der Waals surface area contributed by atoms with Crippen molar-refractivity contribution in [3.05, 3.63) is 301 Å². The third-order valence-electron chi connectivity index (χ3n) is 18.1. The first-order valence-electron chi connectivity index (χ1n) is 29.2. The van der Waals surface area contributed by atoms with E-state index < -0.39 is 0 Å². The number of aryl methyl sites for hydroxylation is 2. The van der Waals surface area contributed by atoms with Crippen molar-refractivity contribution in [1.29, 1.82) is 0 Å². The van der Waals surface area contributed by atoms with Crippen LogP contribution in [0.5, 0.6) is 0 Å². The molecule has 1 aromatic heterocycles. The van der Waals surface area contributed by atoms with Crippen LogP contribution >= 0.6 is 0 Å². The van der Waals surface area contributed by atoms with Crippen molar-refractivity contribution in [3.8, 4) is 44.5 Å². The van der Waals surface area contributed by atoms with Crippen molar-refractivity contribution in [2.75, 3.05) is 9.80 Å². The van der Waals surface area contributed by atoms with Crippen LogP contribution in [0.3, 0.4) is 0 Å². The molecule has 3 heteroatoms. The molecule has 0 bridgehead atoms. The Morgan fingerprint density at radius 1 is 0.286 bits per heavy atom. The predicted octanol–water partition coefficient (Wildman–Crippen LogP) is 23.1. The van der Waals surface area contributed by atoms with E-state index in [0.717, 1.165) is 67.2 Å². The second kappa shape index (κ2) is 19.3. The number of fused-ring (bicyclic) bond motifs is 13. The lowest BCUT2D eigenvalue weighted by molar-refractivity contribution is 0.660. The minimum Gasteiger partial charge on any atom is -0.455 e. The summed E-state index contributed by atoms with van der Waals surface area (Å²) in [6, 6.07) is 103. The van der Waals surface area contributed by atoms with Crippen molar-refractivity contribution in [2.45, 2.75) is 33.1 Å². The van der Waals surface area contributed by atoms with Crippen LogP contribution in [0.4, 0.5) is 34.1 Å². The predicted molar refractivity (Wildman–Crippen MR) is 356 cm³/mol. The number of hydrogen-bond acceptors (Lipinski definition) is 3. The van der Waals surface area contributed by atoms with Crippen LogP contribution in [-0.2, 0) is 5.41 Å². The van der Waals surface area contributed by atoms with Crippen LogP contribution in [-0.4, -0.2) is 0 Å². The highest BCUT2D eigenvalue weighted by Crippen LogP contribution is 2.53. The van der Waals surface area contributed by atoms with Gasteiger partial charge in [0.05, 0.1) is 5.69 Å². The highest BCUT2D eigenvalue weighted by atomic mass is 16.3. The lowest BCUT2D eigenvalue weighted by atomic mass is 9.82. The van der Waals surface area contributed by atoms with Crippen LogP contribution in [0.25, 0.3) is 110 Å². The van der Waals surface area contributed by atoms with Crippen LogP contribution in [0.1, 0.15) is 36.1 Å². The molecule has 0 fully saturated rings. The van der Waals surface area contributed by atoms with E-state index in [4.69, 9.17) is 4.42 Å². The summed E-state index contributed by atoms with van der Waals surface area (Å²) in [5.74, 6) is 0. The van der Waals surface area contributed by atoms with Crippen LogP contribution in [0, 0.1) is 13.8 Å². The van der Waals surface area contributed by atoms with Gasteiger partial charge >= 0.3 is 0 Å². The highest BCUT2D eigenvalue weighted by molar-refractivity contribution is 6.26. The number of nitrogens with zero attached hydrogens (tertiary/aromatic N) is 2. The van der Waals surface area contributed by atoms with Crippen LogP contribution in [0.2, 0.25) is 0 Å². The first-order valence-corrected chi connectivity index (χ1v) is 29.2. The third kappa shape index (κ3) is 7.88. The molecule has 84 heavy (non-hydrogen) atoms. The Labute approximate surface area is 489 Å². The first-order chi connectivity index (χ1) is 41.2. The number of para-hydroxylation sites is 3. The average Bonchev–Trinajstić information content (AvgIpc) is 2.06. The van der Waals surface area contributed by atoms with E-state index in [1.54, 1.807) is 0 Å². The van der Waals surface area contributed by atoms with Gasteiger partial charge in [0.15, 0.2) is 0 Å². The summed E-state index contributed by atoms with van der Waals surface area (Å²) in [5.41, 5.74) is 22.9. The minimum absolute atomic E-state index is 0.307. The summed E-state index contributed by atoms with van der Waals surface area (Å²) >= 11 is 0. The van der Waals surface area contributed by atoms with Crippen LogP contribution < -0.4 is 9.80 Å². The number of anilines is 6. The van der Waals surface area contributed by atoms with Crippen molar-refractivity contribution in [3.63, 3.8) is 0 Å². The van der Waals surface area contributed by atoms with Gasteiger partial charge in [0.1, 0.15) is 11.2 Å². The third-order valence-corrected chi connectivity index (χ3v) is 18.1. The van der Waals surface area contributed by atoms with Gasteiger partial charge in [-0.1, -0.05) is 214 Å². The molecule has 0 unspecified atom stereocenters. The molecule has 0 saturated carbocycles. The van der Waals surface area contributed by atoms with E-state index in [2.05, 4.69) is 310 Å². The monoisotopic (exact) mass is 1070 g/mol. The molecular formula is C81H58N2O. The molecule has 15 aromatic rings. The van der Waals surface area contributed by atoms with E-state index in [9.17, 15) is 0 Å². The van der Waals surface area contributed by atoms with Gasteiger partial charge in [0, 0.05) is 55.6 Å². The van der Waals surface area contributed by atoms with E-state index >= 15 is 0 Å². The van der Waals surface area contributed by atoms with Gasteiger partial charge < -0.3 is 14.2 Å². The normalized spacial score (nSPS) is 12.6. The molecule has 0 amide bonds. The summed E-state index contributed by atoms with van der Waals surface area (Å²) in [6.45, 7) is 9.28. The number of benzene rings is 14. The van der Waals surface area contributed by atoms with Gasteiger partial charge in [0.2, 0.25) is 0 Å². The minimum atomic E-state index is -0.307. The maximum Gasteiger partial charge on any atom is 0.143 e. The van der Waals surface area contributed by atoms with Crippen LogP contribution in [0.15, 0.2) is 283 Å². The Morgan fingerprint density at radius 2 is 0.762 bits per heavy atom. The lowest BCUT2D eigenvalue weighted by Gasteiger charge is -2.30. The Morgan fingerprint density at radius 3 is 1.44 bits per heavy atom. The second-order valence-electron chi connectivity index (χ2n) is 23.3.